The third-order valence-corrected chi connectivity index (χ3v) is 3.20. The fourth-order valence-corrected chi connectivity index (χ4v) is 2.10. The number of hydrogen-bond acceptors (Lipinski definition) is 6. The number of rotatable bonds is 5. The van der Waals surface area contributed by atoms with E-state index in [0.29, 0.717) is 11.6 Å². The Bertz CT molecular complexity index is 856. The first-order chi connectivity index (χ1) is 11.6. The van der Waals surface area contributed by atoms with Crippen LogP contribution >= 0.6 is 11.6 Å². The first-order valence-electron chi connectivity index (χ1n) is 6.94. The molecule has 0 aliphatic carbocycles. The number of aromatic nitrogens is 3. The second-order valence-electron chi connectivity index (χ2n) is 4.75. The largest absolute Gasteiger partial charge is 0.478 e. The molecule has 0 saturated carbocycles. The van der Waals surface area contributed by atoms with Crippen molar-refractivity contribution < 1.29 is 9.90 Å². The Hall–Kier alpha value is -3.19. The van der Waals surface area contributed by atoms with E-state index >= 15 is 0 Å². The quantitative estimate of drug-likeness (QED) is 0.650. The number of carbonyl (C=O) groups is 1. The van der Waals surface area contributed by atoms with Crippen molar-refractivity contribution in [3.8, 4) is 0 Å². The smallest absolute Gasteiger partial charge is 0.335 e. The molecule has 2 aromatic carbocycles. The zero-order valence-electron chi connectivity index (χ0n) is 12.3. The van der Waals surface area contributed by atoms with Crippen molar-refractivity contribution in [2.24, 2.45) is 0 Å². The highest BCUT2D eigenvalue weighted by Crippen LogP contribution is 2.18. The molecule has 7 nitrogen and oxygen atoms in total. The molecule has 3 rings (SSSR count). The van der Waals surface area contributed by atoms with Gasteiger partial charge in [0.1, 0.15) is 0 Å². The van der Waals surface area contributed by atoms with E-state index in [1.807, 2.05) is 30.3 Å². The summed E-state index contributed by atoms with van der Waals surface area (Å²) in [6.07, 6.45) is 0. The van der Waals surface area contributed by atoms with Gasteiger partial charge in [-0.1, -0.05) is 18.2 Å². The van der Waals surface area contributed by atoms with Gasteiger partial charge < -0.3 is 15.7 Å². The van der Waals surface area contributed by atoms with Crippen LogP contribution in [0, 0.1) is 0 Å². The van der Waals surface area contributed by atoms with Crippen LogP contribution in [-0.4, -0.2) is 26.0 Å². The number of para-hydroxylation sites is 1. The molecule has 0 fully saturated rings. The fraction of sp³-hybridized carbons (Fsp3) is 0. The highest BCUT2D eigenvalue weighted by molar-refractivity contribution is 6.28. The molecule has 0 unspecified atom stereocenters. The van der Waals surface area contributed by atoms with Crippen molar-refractivity contribution in [3.05, 3.63) is 65.4 Å². The lowest BCUT2D eigenvalue weighted by Crippen LogP contribution is -2.04. The first kappa shape index (κ1) is 15.7. The highest BCUT2D eigenvalue weighted by atomic mass is 35.5. The lowest BCUT2D eigenvalue weighted by atomic mass is 10.2. The summed E-state index contributed by atoms with van der Waals surface area (Å²) in [6.45, 7) is 0. The predicted octanol–water partition coefficient (Wildman–Crippen LogP) is 3.71. The van der Waals surface area contributed by atoms with Crippen LogP contribution in [0.5, 0.6) is 0 Å². The Morgan fingerprint density at radius 2 is 1.38 bits per heavy atom. The maximum atomic E-state index is 10.9. The Balaban J connectivity index is 1.79. The number of carboxylic acids is 1. The van der Waals surface area contributed by atoms with Crippen molar-refractivity contribution >= 4 is 40.8 Å². The molecule has 3 N–H and O–H groups in total. The normalized spacial score (nSPS) is 10.2. The maximum Gasteiger partial charge on any atom is 0.335 e. The minimum atomic E-state index is -0.987. The molecule has 120 valence electrons. The summed E-state index contributed by atoms with van der Waals surface area (Å²) < 4.78 is 0. The van der Waals surface area contributed by atoms with Crippen LogP contribution in [0.2, 0.25) is 5.28 Å². The Kier molecular flexibility index (Phi) is 4.53. The lowest BCUT2D eigenvalue weighted by Gasteiger charge is -2.08. The Morgan fingerprint density at radius 1 is 0.833 bits per heavy atom. The van der Waals surface area contributed by atoms with E-state index in [2.05, 4.69) is 25.6 Å². The summed E-state index contributed by atoms with van der Waals surface area (Å²) in [6, 6.07) is 15.6. The van der Waals surface area contributed by atoms with E-state index < -0.39 is 5.97 Å². The van der Waals surface area contributed by atoms with E-state index in [9.17, 15) is 4.79 Å². The highest BCUT2D eigenvalue weighted by Gasteiger charge is 2.07. The average Bonchev–Trinajstić information content (AvgIpc) is 2.55. The van der Waals surface area contributed by atoms with E-state index in [-0.39, 0.29) is 16.8 Å². The SMILES string of the molecule is O=C(O)c1ccc(Nc2nc(Cl)nc(Nc3ccccc3)n2)cc1. The van der Waals surface area contributed by atoms with Crippen LogP contribution in [0.25, 0.3) is 0 Å². The molecular formula is C16H12ClN5O2. The van der Waals surface area contributed by atoms with Gasteiger partial charge in [-0.3, -0.25) is 0 Å². The monoisotopic (exact) mass is 341 g/mol. The number of hydrogen-bond donors (Lipinski definition) is 3. The zero-order valence-corrected chi connectivity index (χ0v) is 13.0. The van der Waals surface area contributed by atoms with Crippen molar-refractivity contribution in [3.63, 3.8) is 0 Å². The van der Waals surface area contributed by atoms with E-state index in [1.54, 1.807) is 12.1 Å². The molecule has 0 radical (unpaired) electrons. The maximum absolute atomic E-state index is 10.9. The van der Waals surface area contributed by atoms with Gasteiger partial charge in [0.2, 0.25) is 17.2 Å². The molecule has 0 spiro atoms. The molecule has 1 aromatic heterocycles. The van der Waals surface area contributed by atoms with Crippen LogP contribution in [0.3, 0.4) is 0 Å². The van der Waals surface area contributed by atoms with E-state index in [0.717, 1.165) is 5.69 Å². The van der Waals surface area contributed by atoms with E-state index in [1.165, 1.54) is 12.1 Å². The molecule has 0 aliphatic heterocycles. The fourth-order valence-electron chi connectivity index (χ4n) is 1.94. The lowest BCUT2D eigenvalue weighted by molar-refractivity contribution is 0.0697. The molecule has 1 heterocycles. The first-order valence-corrected chi connectivity index (χ1v) is 7.32. The van der Waals surface area contributed by atoms with Gasteiger partial charge in [0.05, 0.1) is 5.56 Å². The number of benzene rings is 2. The number of carboxylic acid groups (broad SMARTS) is 1. The van der Waals surface area contributed by atoms with Gasteiger partial charge in [0, 0.05) is 11.4 Å². The van der Waals surface area contributed by atoms with Crippen LogP contribution in [-0.2, 0) is 0 Å². The van der Waals surface area contributed by atoms with Crippen molar-refractivity contribution in [1.29, 1.82) is 0 Å². The zero-order chi connectivity index (χ0) is 16.9. The number of nitrogens with zero attached hydrogens (tertiary/aromatic N) is 3. The Labute approximate surface area is 142 Å². The molecule has 0 amide bonds. The second kappa shape index (κ2) is 6.93. The van der Waals surface area contributed by atoms with Crippen molar-refractivity contribution in [2.45, 2.75) is 0 Å². The van der Waals surface area contributed by atoms with Crippen LogP contribution in [0.4, 0.5) is 23.3 Å². The van der Waals surface area contributed by atoms with Crippen molar-refractivity contribution in [1.82, 2.24) is 15.0 Å². The van der Waals surface area contributed by atoms with Crippen LogP contribution in [0.15, 0.2) is 54.6 Å². The third kappa shape index (κ3) is 3.96. The molecular weight excluding hydrogens is 330 g/mol. The predicted molar refractivity (Wildman–Crippen MR) is 91.2 cm³/mol. The topological polar surface area (TPSA) is 100 Å². The summed E-state index contributed by atoms with van der Waals surface area (Å²) in [5.41, 5.74) is 1.64. The van der Waals surface area contributed by atoms with Gasteiger partial charge >= 0.3 is 5.97 Å². The minimum absolute atomic E-state index is 0.0353. The van der Waals surface area contributed by atoms with Gasteiger partial charge in [0.25, 0.3) is 0 Å². The van der Waals surface area contributed by atoms with Crippen LogP contribution < -0.4 is 10.6 Å². The van der Waals surface area contributed by atoms with Gasteiger partial charge in [-0.25, -0.2) is 4.79 Å². The van der Waals surface area contributed by atoms with Crippen LogP contribution in [0.1, 0.15) is 10.4 Å². The summed E-state index contributed by atoms with van der Waals surface area (Å²) in [5, 5.41) is 14.9. The molecule has 3 aromatic rings. The molecule has 0 bridgehead atoms. The molecule has 0 atom stereocenters. The third-order valence-electron chi connectivity index (χ3n) is 3.03. The summed E-state index contributed by atoms with van der Waals surface area (Å²) >= 11 is 5.93. The number of halogens is 1. The van der Waals surface area contributed by atoms with E-state index in [4.69, 9.17) is 16.7 Å². The molecule has 8 heteroatoms. The minimum Gasteiger partial charge on any atom is -0.478 e. The second-order valence-corrected chi connectivity index (χ2v) is 5.09. The summed E-state index contributed by atoms with van der Waals surface area (Å²) in [7, 11) is 0. The molecule has 0 saturated heterocycles. The molecule has 24 heavy (non-hydrogen) atoms. The van der Waals surface area contributed by atoms with Gasteiger partial charge in [-0.15, -0.1) is 0 Å². The van der Waals surface area contributed by atoms with Gasteiger partial charge in [-0.2, -0.15) is 15.0 Å². The van der Waals surface area contributed by atoms with Gasteiger partial charge in [-0.05, 0) is 48.0 Å². The number of aromatic carboxylic acids is 1. The molecule has 0 aliphatic rings. The Morgan fingerprint density at radius 3 is 1.92 bits per heavy atom. The standard InChI is InChI=1S/C16H12ClN5O2/c17-14-20-15(18-11-4-2-1-3-5-11)22-16(21-14)19-12-8-6-10(7-9-12)13(23)24/h1-9H,(H,23,24)(H2,18,19,20,21,22). The van der Waals surface area contributed by atoms with Gasteiger partial charge in [0.15, 0.2) is 0 Å². The summed E-state index contributed by atoms with van der Waals surface area (Å²) in [4.78, 5) is 23.1. The summed E-state index contributed by atoms with van der Waals surface area (Å²) in [5.74, 6) is -0.443. The average molecular weight is 342 g/mol. The number of nitrogens with one attached hydrogen (secondary N) is 2. The van der Waals surface area contributed by atoms with Crippen molar-refractivity contribution in [2.75, 3.05) is 10.6 Å². The number of anilines is 4.